The van der Waals surface area contributed by atoms with E-state index in [2.05, 4.69) is 11.3 Å². The third kappa shape index (κ3) is 4.83. The van der Waals surface area contributed by atoms with Gasteiger partial charge in [-0.15, -0.1) is 0 Å². The van der Waals surface area contributed by atoms with Gasteiger partial charge in [0.05, 0.1) is 0 Å². The summed E-state index contributed by atoms with van der Waals surface area (Å²) < 4.78 is 65.4. The van der Waals surface area contributed by atoms with Crippen LogP contribution in [0.4, 0.5) is 8.78 Å². The Hall–Kier alpha value is -2.33. The van der Waals surface area contributed by atoms with Gasteiger partial charge in [-0.25, -0.2) is 18.0 Å². The van der Waals surface area contributed by atoms with Crippen molar-refractivity contribution in [3.05, 3.63) is 42.0 Å². The van der Waals surface area contributed by atoms with Crippen LogP contribution in [0.2, 0.25) is 0 Å². The molecule has 23 heavy (non-hydrogen) atoms. The van der Waals surface area contributed by atoms with Crippen LogP contribution in [0.3, 0.4) is 0 Å². The number of benzene rings is 1. The van der Waals surface area contributed by atoms with Crippen molar-refractivity contribution < 1.29 is 40.8 Å². The summed E-state index contributed by atoms with van der Waals surface area (Å²) >= 11 is 0. The van der Waals surface area contributed by atoms with Crippen LogP contribution in [-0.2, 0) is 31.1 Å². The predicted octanol–water partition coefficient (Wildman–Crippen LogP) is 1.35. The molecule has 0 aromatic heterocycles. The van der Waals surface area contributed by atoms with E-state index < -0.39 is 33.9 Å². The Morgan fingerprint density at radius 3 is 2.22 bits per heavy atom. The molecule has 0 saturated heterocycles. The van der Waals surface area contributed by atoms with Gasteiger partial charge in [0, 0.05) is 5.57 Å². The topological polar surface area (TPSA) is 110 Å². The average Bonchev–Trinajstić information content (AvgIpc) is 2.44. The number of esters is 2. The summed E-state index contributed by atoms with van der Waals surface area (Å²) in [4.78, 5) is 22.2. The Bertz CT molecular complexity index is 723. The maximum atomic E-state index is 12.9. The standard InChI is InChI=1S/C13H12F2O7S/c1-8(2)11(16)22-10-5-3-9(4-6-10)7-21-12(17)13(14,15)23(18,19)20/h3-6H,1,7H2,2H3,(H,18,19,20)/p-1. The average molecular weight is 349 g/mol. The van der Waals surface area contributed by atoms with E-state index in [1.807, 2.05) is 0 Å². The van der Waals surface area contributed by atoms with E-state index in [0.717, 1.165) is 0 Å². The summed E-state index contributed by atoms with van der Waals surface area (Å²) in [5.74, 6) is -2.99. The van der Waals surface area contributed by atoms with Crippen molar-refractivity contribution in [1.29, 1.82) is 0 Å². The highest BCUT2D eigenvalue weighted by molar-refractivity contribution is 7.87. The molecular formula is C13H11F2O7S-. The first-order valence-corrected chi connectivity index (χ1v) is 7.33. The second kappa shape index (κ2) is 6.84. The van der Waals surface area contributed by atoms with Crippen molar-refractivity contribution in [2.75, 3.05) is 0 Å². The van der Waals surface area contributed by atoms with Crippen LogP contribution in [0, 0.1) is 0 Å². The zero-order valence-corrected chi connectivity index (χ0v) is 12.6. The number of halogens is 2. The van der Waals surface area contributed by atoms with Gasteiger partial charge in [0.25, 0.3) is 0 Å². The SMILES string of the molecule is C=C(C)C(=O)Oc1ccc(COC(=O)C(F)(F)S(=O)(=O)[O-])cc1. The van der Waals surface area contributed by atoms with E-state index in [1.165, 1.54) is 31.2 Å². The first-order valence-electron chi connectivity index (χ1n) is 5.92. The summed E-state index contributed by atoms with van der Waals surface area (Å²) in [5.41, 5.74) is 0.372. The molecule has 0 heterocycles. The Labute approximate surface area is 130 Å². The van der Waals surface area contributed by atoms with Crippen molar-refractivity contribution in [2.24, 2.45) is 0 Å². The molecule has 0 unspecified atom stereocenters. The zero-order valence-electron chi connectivity index (χ0n) is 11.7. The maximum absolute atomic E-state index is 12.9. The molecule has 10 heteroatoms. The van der Waals surface area contributed by atoms with Gasteiger partial charge in [-0.2, -0.15) is 8.78 Å². The van der Waals surface area contributed by atoms with Gasteiger partial charge < -0.3 is 14.0 Å². The largest absolute Gasteiger partial charge is 0.743 e. The number of rotatable bonds is 6. The van der Waals surface area contributed by atoms with Crippen molar-refractivity contribution in [3.8, 4) is 5.75 Å². The van der Waals surface area contributed by atoms with Gasteiger partial charge in [0.2, 0.25) is 0 Å². The highest BCUT2D eigenvalue weighted by atomic mass is 32.2. The van der Waals surface area contributed by atoms with Crippen molar-refractivity contribution in [1.82, 2.24) is 0 Å². The smallest absolute Gasteiger partial charge is 0.428 e. The monoisotopic (exact) mass is 349 g/mol. The molecule has 126 valence electrons. The first kappa shape index (κ1) is 18.7. The van der Waals surface area contributed by atoms with Crippen LogP contribution in [0.15, 0.2) is 36.4 Å². The van der Waals surface area contributed by atoms with Crippen molar-refractivity contribution in [3.63, 3.8) is 0 Å². The van der Waals surface area contributed by atoms with Crippen LogP contribution >= 0.6 is 0 Å². The Kier molecular flexibility index (Phi) is 5.56. The molecule has 7 nitrogen and oxygen atoms in total. The van der Waals surface area contributed by atoms with Crippen LogP contribution < -0.4 is 4.74 Å². The lowest BCUT2D eigenvalue weighted by Gasteiger charge is -2.18. The van der Waals surface area contributed by atoms with E-state index in [-0.39, 0.29) is 16.9 Å². The minimum absolute atomic E-state index is 0.139. The quantitative estimate of drug-likeness (QED) is 0.330. The van der Waals surface area contributed by atoms with Gasteiger partial charge >= 0.3 is 17.2 Å². The normalized spacial score (nSPS) is 11.7. The minimum Gasteiger partial charge on any atom is -0.743 e. The second-order valence-corrected chi connectivity index (χ2v) is 5.78. The van der Waals surface area contributed by atoms with Gasteiger partial charge in [-0.1, -0.05) is 18.7 Å². The summed E-state index contributed by atoms with van der Waals surface area (Å²) in [7, 11) is -6.16. The number of carbonyl (C=O) groups is 2. The number of carbonyl (C=O) groups excluding carboxylic acids is 2. The molecule has 1 rings (SSSR count). The van der Waals surface area contributed by atoms with E-state index in [0.29, 0.717) is 0 Å². The van der Waals surface area contributed by atoms with E-state index in [9.17, 15) is 31.3 Å². The molecule has 0 aliphatic rings. The Balaban J connectivity index is 2.68. The van der Waals surface area contributed by atoms with Crippen LogP contribution in [-0.4, -0.2) is 30.2 Å². The second-order valence-electron chi connectivity index (χ2n) is 4.36. The highest BCUT2D eigenvalue weighted by Gasteiger charge is 2.48. The molecule has 0 spiro atoms. The molecule has 0 aliphatic carbocycles. The number of alkyl halides is 2. The fourth-order valence-corrected chi connectivity index (χ4v) is 1.45. The van der Waals surface area contributed by atoms with Crippen molar-refractivity contribution in [2.45, 2.75) is 18.8 Å². The summed E-state index contributed by atoms with van der Waals surface area (Å²) in [6, 6.07) is 5.18. The van der Waals surface area contributed by atoms with E-state index in [1.54, 1.807) is 0 Å². The summed E-state index contributed by atoms with van der Waals surface area (Å²) in [5, 5.41) is -5.16. The number of hydrogen-bond acceptors (Lipinski definition) is 7. The Morgan fingerprint density at radius 1 is 1.26 bits per heavy atom. The fraction of sp³-hybridized carbons (Fsp3) is 0.231. The summed E-state index contributed by atoms with van der Waals surface area (Å²) in [6.07, 6.45) is 0. The lowest BCUT2D eigenvalue weighted by atomic mass is 10.2. The minimum atomic E-state index is -6.16. The van der Waals surface area contributed by atoms with Crippen LogP contribution in [0.5, 0.6) is 5.75 Å². The fourth-order valence-electron chi connectivity index (χ4n) is 1.18. The molecule has 1 aromatic rings. The third-order valence-electron chi connectivity index (χ3n) is 2.40. The third-order valence-corrected chi connectivity index (χ3v) is 3.20. The van der Waals surface area contributed by atoms with Crippen LogP contribution in [0.1, 0.15) is 12.5 Å². The van der Waals surface area contributed by atoms with Crippen LogP contribution in [0.25, 0.3) is 0 Å². The van der Waals surface area contributed by atoms with Gasteiger partial charge in [0.1, 0.15) is 12.4 Å². The zero-order chi connectivity index (χ0) is 17.8. The number of hydrogen-bond donors (Lipinski definition) is 0. The molecule has 0 aliphatic heterocycles. The van der Waals surface area contributed by atoms with Crippen molar-refractivity contribution >= 4 is 22.1 Å². The summed E-state index contributed by atoms with van der Waals surface area (Å²) in [6.45, 7) is 4.13. The molecule has 0 fully saturated rings. The van der Waals surface area contributed by atoms with E-state index >= 15 is 0 Å². The highest BCUT2D eigenvalue weighted by Crippen LogP contribution is 2.23. The Morgan fingerprint density at radius 2 is 1.78 bits per heavy atom. The molecule has 0 N–H and O–H groups in total. The molecule has 0 bridgehead atoms. The lowest BCUT2D eigenvalue weighted by molar-refractivity contribution is -0.162. The predicted molar refractivity (Wildman–Crippen MR) is 71.3 cm³/mol. The van der Waals surface area contributed by atoms with Gasteiger partial charge in [-0.3, -0.25) is 0 Å². The molecular weight excluding hydrogens is 338 g/mol. The van der Waals surface area contributed by atoms with E-state index in [4.69, 9.17) is 4.74 Å². The number of ether oxygens (including phenoxy) is 2. The molecule has 1 aromatic carbocycles. The maximum Gasteiger partial charge on any atom is 0.428 e. The molecule has 0 saturated carbocycles. The first-order chi connectivity index (χ1) is 10.4. The molecule has 0 radical (unpaired) electrons. The van der Waals surface area contributed by atoms with Gasteiger partial charge in [-0.05, 0) is 24.6 Å². The molecule has 0 atom stereocenters. The molecule has 0 amide bonds. The lowest BCUT2D eigenvalue weighted by Crippen LogP contribution is -2.38. The van der Waals surface area contributed by atoms with Gasteiger partial charge in [0.15, 0.2) is 10.1 Å².